The second-order valence-electron chi connectivity index (χ2n) is 2.35. The molecule has 1 aromatic carbocycles. The molecule has 66 valence electrons. The van der Waals surface area contributed by atoms with Crippen molar-refractivity contribution in [3.63, 3.8) is 0 Å². The van der Waals surface area contributed by atoms with Gasteiger partial charge in [-0.2, -0.15) is 5.26 Å². The van der Waals surface area contributed by atoms with Gasteiger partial charge in [0.25, 0.3) is 0 Å². The third-order valence-electron chi connectivity index (χ3n) is 1.49. The average Bonchev–Trinajstić information content (AvgIpc) is 2.17. The van der Waals surface area contributed by atoms with Crippen LogP contribution in [-0.2, 0) is 0 Å². The molecule has 0 saturated heterocycles. The zero-order valence-corrected chi connectivity index (χ0v) is 8.93. The minimum absolute atomic E-state index is 0.329. The summed E-state index contributed by atoms with van der Waals surface area (Å²) in [6.07, 6.45) is 0. The number of nitrogens with zero attached hydrogens (tertiary/aromatic N) is 1. The third-order valence-corrected chi connectivity index (χ3v) is 2.35. The topological polar surface area (TPSA) is 49.8 Å². The Balaban J connectivity index is 3.12. The number of hydrogen-bond donors (Lipinski definition) is 1. The van der Waals surface area contributed by atoms with Crippen molar-refractivity contribution >= 4 is 33.2 Å². The van der Waals surface area contributed by atoms with Gasteiger partial charge >= 0.3 is 0 Å². The van der Waals surface area contributed by atoms with Gasteiger partial charge in [0.1, 0.15) is 10.6 Å². The van der Waals surface area contributed by atoms with Gasteiger partial charge in [0, 0.05) is 5.02 Å². The minimum Gasteiger partial charge on any atom is -0.397 e. The van der Waals surface area contributed by atoms with E-state index in [-0.39, 0.29) is 0 Å². The van der Waals surface area contributed by atoms with Crippen molar-refractivity contribution in [3.05, 3.63) is 39.3 Å². The van der Waals surface area contributed by atoms with E-state index in [4.69, 9.17) is 22.6 Å². The van der Waals surface area contributed by atoms with E-state index in [2.05, 4.69) is 15.9 Å². The Hall–Kier alpha value is -0.980. The molecule has 0 bridgehead atoms. The van der Waals surface area contributed by atoms with Crippen molar-refractivity contribution in [2.24, 2.45) is 5.73 Å². The first-order chi connectivity index (χ1) is 6.15. The molecule has 0 radical (unpaired) electrons. The molecule has 4 heteroatoms. The van der Waals surface area contributed by atoms with Crippen LogP contribution in [0.5, 0.6) is 0 Å². The predicted molar refractivity (Wildman–Crippen MR) is 57.1 cm³/mol. The summed E-state index contributed by atoms with van der Waals surface area (Å²) in [5, 5.41) is 9.20. The quantitative estimate of drug-likeness (QED) is 0.787. The van der Waals surface area contributed by atoms with Crippen LogP contribution in [0, 0.1) is 11.3 Å². The first kappa shape index (κ1) is 10.1. The molecule has 0 spiro atoms. The number of hydrogen-bond acceptors (Lipinski definition) is 2. The van der Waals surface area contributed by atoms with Crippen LogP contribution in [0.25, 0.3) is 5.70 Å². The molecule has 0 aliphatic carbocycles. The van der Waals surface area contributed by atoms with Crippen LogP contribution in [0.3, 0.4) is 0 Å². The summed E-state index contributed by atoms with van der Waals surface area (Å²) in [4.78, 5) is 0. The van der Waals surface area contributed by atoms with Crippen LogP contribution < -0.4 is 5.73 Å². The predicted octanol–water partition coefficient (Wildman–Crippen LogP) is 2.89. The highest BCUT2D eigenvalue weighted by molar-refractivity contribution is 9.12. The summed E-state index contributed by atoms with van der Waals surface area (Å²) in [6.45, 7) is 0. The number of allylic oxidation sites excluding steroid dienone is 1. The van der Waals surface area contributed by atoms with Crippen molar-refractivity contribution < 1.29 is 0 Å². The number of nitriles is 1. The van der Waals surface area contributed by atoms with E-state index < -0.39 is 0 Å². The smallest absolute Gasteiger partial charge is 0.118 e. The van der Waals surface area contributed by atoms with E-state index in [0.717, 1.165) is 5.56 Å². The van der Waals surface area contributed by atoms with E-state index >= 15 is 0 Å². The average molecular weight is 258 g/mol. The molecule has 0 aliphatic rings. The standard InChI is InChI=1S/C9H6BrClN2/c10-8(5-12)9(13)6-1-3-7(11)4-2-6/h1-4H,13H2. The van der Waals surface area contributed by atoms with Crippen molar-refractivity contribution in [2.75, 3.05) is 0 Å². The van der Waals surface area contributed by atoms with Crippen LogP contribution in [-0.4, -0.2) is 0 Å². The summed E-state index contributed by atoms with van der Waals surface area (Å²) in [6, 6.07) is 8.88. The zero-order valence-electron chi connectivity index (χ0n) is 6.59. The normalized spacial score (nSPS) is 11.8. The molecular formula is C9H6BrClN2. The fraction of sp³-hybridized carbons (Fsp3) is 0. The Kier molecular flexibility index (Phi) is 3.35. The van der Waals surface area contributed by atoms with Gasteiger partial charge in [-0.3, -0.25) is 0 Å². The van der Waals surface area contributed by atoms with Gasteiger partial charge in [-0.25, -0.2) is 0 Å². The molecule has 0 heterocycles. The van der Waals surface area contributed by atoms with Crippen LogP contribution in [0.4, 0.5) is 0 Å². The Morgan fingerprint density at radius 2 is 1.92 bits per heavy atom. The van der Waals surface area contributed by atoms with E-state index in [0.29, 0.717) is 15.2 Å². The molecule has 0 fully saturated rings. The second-order valence-corrected chi connectivity index (χ2v) is 3.58. The summed E-state index contributed by atoms with van der Waals surface area (Å²) in [7, 11) is 0. The molecule has 0 saturated carbocycles. The highest BCUT2D eigenvalue weighted by Gasteiger charge is 2.01. The summed E-state index contributed by atoms with van der Waals surface area (Å²) >= 11 is 8.75. The lowest BCUT2D eigenvalue weighted by Gasteiger charge is -2.00. The zero-order chi connectivity index (χ0) is 9.84. The highest BCUT2D eigenvalue weighted by Crippen LogP contribution is 2.19. The molecule has 2 N–H and O–H groups in total. The van der Waals surface area contributed by atoms with Crippen LogP contribution in [0.15, 0.2) is 28.7 Å². The Labute approximate surface area is 89.7 Å². The monoisotopic (exact) mass is 256 g/mol. The molecule has 13 heavy (non-hydrogen) atoms. The summed E-state index contributed by atoms with van der Waals surface area (Å²) < 4.78 is 0.329. The number of benzene rings is 1. The molecule has 0 aromatic heterocycles. The molecular weight excluding hydrogens is 251 g/mol. The van der Waals surface area contributed by atoms with Gasteiger partial charge in [0.15, 0.2) is 0 Å². The van der Waals surface area contributed by atoms with Gasteiger partial charge in [-0.15, -0.1) is 0 Å². The van der Waals surface area contributed by atoms with Crippen molar-refractivity contribution in [3.8, 4) is 6.07 Å². The van der Waals surface area contributed by atoms with Crippen LogP contribution in [0.1, 0.15) is 5.56 Å². The molecule has 1 aromatic rings. The van der Waals surface area contributed by atoms with Gasteiger partial charge in [0.2, 0.25) is 0 Å². The lowest BCUT2D eigenvalue weighted by atomic mass is 10.1. The van der Waals surface area contributed by atoms with E-state index in [1.54, 1.807) is 24.3 Å². The highest BCUT2D eigenvalue weighted by atomic mass is 79.9. The molecule has 1 rings (SSSR count). The SMILES string of the molecule is N#CC(Br)=C(N)c1ccc(Cl)cc1. The van der Waals surface area contributed by atoms with Gasteiger partial charge in [-0.1, -0.05) is 23.7 Å². The fourth-order valence-electron chi connectivity index (χ4n) is 0.816. The summed E-state index contributed by atoms with van der Waals surface area (Å²) in [5.74, 6) is 0. The number of nitrogens with two attached hydrogens (primary N) is 1. The van der Waals surface area contributed by atoms with E-state index in [1.165, 1.54) is 0 Å². The van der Waals surface area contributed by atoms with Gasteiger partial charge < -0.3 is 5.73 Å². The molecule has 0 aliphatic heterocycles. The maximum atomic E-state index is 8.56. The third kappa shape index (κ3) is 2.48. The van der Waals surface area contributed by atoms with Crippen molar-refractivity contribution in [2.45, 2.75) is 0 Å². The molecule has 0 amide bonds. The number of rotatable bonds is 1. The minimum atomic E-state index is 0.329. The summed E-state index contributed by atoms with van der Waals surface area (Å²) in [5.41, 5.74) is 6.86. The van der Waals surface area contributed by atoms with Crippen LogP contribution >= 0.6 is 27.5 Å². The Bertz CT molecular complexity index is 376. The fourth-order valence-corrected chi connectivity index (χ4v) is 1.17. The lowest BCUT2D eigenvalue weighted by Crippen LogP contribution is -1.97. The Morgan fingerprint density at radius 1 is 1.38 bits per heavy atom. The molecule has 0 atom stereocenters. The molecule has 2 nitrogen and oxygen atoms in total. The van der Waals surface area contributed by atoms with Crippen molar-refractivity contribution in [1.82, 2.24) is 0 Å². The van der Waals surface area contributed by atoms with Crippen molar-refractivity contribution in [1.29, 1.82) is 5.26 Å². The van der Waals surface area contributed by atoms with Gasteiger partial charge in [0.05, 0.1) is 5.70 Å². The van der Waals surface area contributed by atoms with Gasteiger partial charge in [-0.05, 0) is 33.6 Å². The largest absolute Gasteiger partial charge is 0.397 e. The van der Waals surface area contributed by atoms with Crippen LogP contribution in [0.2, 0.25) is 5.02 Å². The first-order valence-corrected chi connectivity index (χ1v) is 4.63. The van der Waals surface area contributed by atoms with E-state index in [1.807, 2.05) is 6.07 Å². The lowest BCUT2D eigenvalue weighted by molar-refractivity contribution is 1.48. The van der Waals surface area contributed by atoms with E-state index in [9.17, 15) is 0 Å². The second kappa shape index (κ2) is 4.31. The maximum Gasteiger partial charge on any atom is 0.118 e. The Morgan fingerprint density at radius 3 is 2.38 bits per heavy atom. The maximum absolute atomic E-state index is 8.56. The number of halogens is 2. The molecule has 0 unspecified atom stereocenters. The first-order valence-electron chi connectivity index (χ1n) is 3.46.